The van der Waals surface area contributed by atoms with Crippen LogP contribution in [0.2, 0.25) is 0 Å². The van der Waals surface area contributed by atoms with Crippen LogP contribution in [-0.4, -0.2) is 22.2 Å². The molecule has 1 aromatic rings. The second kappa shape index (κ2) is 3.26. The summed E-state index contributed by atoms with van der Waals surface area (Å²) < 4.78 is 0. The Morgan fingerprint density at radius 2 is 1.77 bits per heavy atom. The van der Waals surface area contributed by atoms with Crippen LogP contribution in [0.15, 0.2) is 18.2 Å². The molecule has 2 N–H and O–H groups in total. The molecule has 13 heavy (non-hydrogen) atoms. The van der Waals surface area contributed by atoms with E-state index < -0.39 is 11.9 Å². The third-order valence-corrected chi connectivity index (χ3v) is 1.60. The van der Waals surface area contributed by atoms with Gasteiger partial charge in [0, 0.05) is 0 Å². The van der Waals surface area contributed by atoms with Gasteiger partial charge in [0.1, 0.15) is 0 Å². The molecule has 67 valence electrons. The molecule has 0 atom stereocenters. The molecule has 0 aliphatic heterocycles. The highest BCUT2D eigenvalue weighted by Crippen LogP contribution is 2.13. The fourth-order valence-corrected chi connectivity index (χ4v) is 1.03. The highest BCUT2D eigenvalue weighted by atomic mass is 16.4. The Balaban J connectivity index is 3.43. The lowest BCUT2D eigenvalue weighted by Crippen LogP contribution is -2.09. The maximum absolute atomic E-state index is 10.6. The van der Waals surface area contributed by atoms with Gasteiger partial charge in [-0.3, -0.25) is 0 Å². The number of hydrogen-bond acceptors (Lipinski definition) is 2. The van der Waals surface area contributed by atoms with Gasteiger partial charge in [0.25, 0.3) is 0 Å². The first-order valence-corrected chi connectivity index (χ1v) is 3.45. The molecule has 0 amide bonds. The molecule has 4 nitrogen and oxygen atoms in total. The van der Waals surface area contributed by atoms with Crippen LogP contribution in [0, 0.1) is 6.92 Å². The van der Waals surface area contributed by atoms with E-state index in [9.17, 15) is 9.59 Å². The van der Waals surface area contributed by atoms with Crippen LogP contribution < -0.4 is 0 Å². The summed E-state index contributed by atoms with van der Waals surface area (Å²) in [6, 6.07) is 4.15. The van der Waals surface area contributed by atoms with Crippen molar-refractivity contribution >= 4 is 11.9 Å². The Morgan fingerprint density at radius 1 is 1.15 bits per heavy atom. The average molecular weight is 179 g/mol. The Morgan fingerprint density at radius 3 is 2.15 bits per heavy atom. The van der Waals surface area contributed by atoms with E-state index in [-0.39, 0.29) is 16.7 Å². The molecule has 0 fully saturated rings. The number of benzene rings is 1. The molecular formula is C9H7O4. The lowest BCUT2D eigenvalue weighted by molar-refractivity contribution is 0.0651. The van der Waals surface area contributed by atoms with Crippen molar-refractivity contribution in [1.29, 1.82) is 0 Å². The molecule has 0 saturated carbocycles. The van der Waals surface area contributed by atoms with Gasteiger partial charge in [-0.05, 0) is 18.6 Å². The first kappa shape index (κ1) is 9.25. The second-order valence-electron chi connectivity index (χ2n) is 2.45. The summed E-state index contributed by atoms with van der Waals surface area (Å²) in [7, 11) is 0. The molecule has 0 saturated heterocycles. The summed E-state index contributed by atoms with van der Waals surface area (Å²) in [5.74, 6) is -2.54. The van der Waals surface area contributed by atoms with Gasteiger partial charge in [-0.2, -0.15) is 0 Å². The minimum Gasteiger partial charge on any atom is -0.478 e. The minimum absolute atomic E-state index is 0.201. The van der Waals surface area contributed by atoms with E-state index in [2.05, 4.69) is 6.92 Å². The summed E-state index contributed by atoms with van der Waals surface area (Å²) in [5, 5.41) is 17.3. The van der Waals surface area contributed by atoms with E-state index in [1.807, 2.05) is 0 Å². The van der Waals surface area contributed by atoms with E-state index >= 15 is 0 Å². The van der Waals surface area contributed by atoms with Crippen molar-refractivity contribution in [3.8, 4) is 0 Å². The number of carboxylic acids is 2. The van der Waals surface area contributed by atoms with E-state index in [1.54, 1.807) is 0 Å². The van der Waals surface area contributed by atoms with Crippen LogP contribution in [0.3, 0.4) is 0 Å². The summed E-state index contributed by atoms with van der Waals surface area (Å²) in [4.78, 5) is 21.2. The Labute approximate surface area is 74.4 Å². The van der Waals surface area contributed by atoms with E-state index in [1.165, 1.54) is 18.2 Å². The number of carbonyl (C=O) groups is 2. The van der Waals surface area contributed by atoms with E-state index in [0.29, 0.717) is 0 Å². The van der Waals surface area contributed by atoms with Gasteiger partial charge in [0.15, 0.2) is 0 Å². The Hall–Kier alpha value is -1.84. The zero-order valence-corrected chi connectivity index (χ0v) is 6.65. The summed E-state index contributed by atoms with van der Waals surface area (Å²) in [6.07, 6.45) is 0. The second-order valence-corrected chi connectivity index (χ2v) is 2.45. The Bertz CT molecular complexity index is 368. The minimum atomic E-state index is -1.27. The monoisotopic (exact) mass is 179 g/mol. The highest BCUT2D eigenvalue weighted by Gasteiger charge is 2.17. The number of hydrogen-bond donors (Lipinski definition) is 2. The molecule has 0 spiro atoms. The van der Waals surface area contributed by atoms with Crippen molar-refractivity contribution in [3.63, 3.8) is 0 Å². The van der Waals surface area contributed by atoms with Crippen molar-refractivity contribution in [1.82, 2.24) is 0 Å². The predicted octanol–water partition coefficient (Wildman–Crippen LogP) is 1.27. The smallest absolute Gasteiger partial charge is 0.336 e. The topological polar surface area (TPSA) is 74.6 Å². The van der Waals surface area contributed by atoms with Crippen molar-refractivity contribution < 1.29 is 19.8 Å². The standard InChI is InChI=1S/C9H7O4/c1-5-3-2-4-6(8(10)11)7(5)9(12)13/h2-4H,1H2,(H,10,11)(H,12,13). The number of rotatable bonds is 2. The van der Waals surface area contributed by atoms with Crippen LogP contribution in [0.1, 0.15) is 26.3 Å². The fourth-order valence-electron chi connectivity index (χ4n) is 1.03. The molecule has 1 radical (unpaired) electrons. The fraction of sp³-hybridized carbons (Fsp3) is 0. The molecule has 1 rings (SSSR count). The van der Waals surface area contributed by atoms with Gasteiger partial charge in [-0.25, -0.2) is 9.59 Å². The molecule has 0 bridgehead atoms. The lowest BCUT2D eigenvalue weighted by Gasteiger charge is -2.03. The first-order valence-electron chi connectivity index (χ1n) is 3.45. The summed E-state index contributed by atoms with van der Waals surface area (Å²) >= 11 is 0. The zero-order chi connectivity index (χ0) is 10.0. The Kier molecular flexibility index (Phi) is 2.32. The largest absolute Gasteiger partial charge is 0.478 e. The molecule has 0 aromatic heterocycles. The number of carboxylic acid groups (broad SMARTS) is 2. The highest BCUT2D eigenvalue weighted by molar-refractivity contribution is 6.02. The maximum Gasteiger partial charge on any atom is 0.336 e. The quantitative estimate of drug-likeness (QED) is 0.716. The predicted molar refractivity (Wildman–Crippen MR) is 44.8 cm³/mol. The normalized spacial score (nSPS) is 9.62. The van der Waals surface area contributed by atoms with Crippen molar-refractivity contribution in [2.75, 3.05) is 0 Å². The third-order valence-electron chi connectivity index (χ3n) is 1.60. The van der Waals surface area contributed by atoms with Gasteiger partial charge >= 0.3 is 11.9 Å². The van der Waals surface area contributed by atoms with E-state index in [0.717, 1.165) is 0 Å². The molecule has 0 aliphatic rings. The summed E-state index contributed by atoms with van der Waals surface area (Å²) in [6.45, 7) is 3.44. The maximum atomic E-state index is 10.6. The third kappa shape index (κ3) is 1.66. The van der Waals surface area contributed by atoms with E-state index in [4.69, 9.17) is 10.2 Å². The molecule has 0 unspecified atom stereocenters. The van der Waals surface area contributed by atoms with Crippen LogP contribution in [0.25, 0.3) is 0 Å². The van der Waals surface area contributed by atoms with Crippen LogP contribution >= 0.6 is 0 Å². The zero-order valence-electron chi connectivity index (χ0n) is 6.65. The summed E-state index contributed by atoms with van der Waals surface area (Å²) in [5.41, 5.74) is -0.289. The van der Waals surface area contributed by atoms with Gasteiger partial charge in [0.05, 0.1) is 11.1 Å². The first-order chi connectivity index (χ1) is 6.04. The van der Waals surface area contributed by atoms with Gasteiger partial charge in [-0.1, -0.05) is 12.1 Å². The molecular weight excluding hydrogens is 172 g/mol. The molecule has 0 aliphatic carbocycles. The van der Waals surface area contributed by atoms with Crippen LogP contribution in [0.4, 0.5) is 0 Å². The van der Waals surface area contributed by atoms with Gasteiger partial charge < -0.3 is 10.2 Å². The van der Waals surface area contributed by atoms with Crippen molar-refractivity contribution in [2.45, 2.75) is 0 Å². The van der Waals surface area contributed by atoms with Crippen LogP contribution in [0.5, 0.6) is 0 Å². The average Bonchev–Trinajstić information content (AvgIpc) is 2.02. The number of aromatic carboxylic acids is 2. The van der Waals surface area contributed by atoms with Gasteiger partial charge in [0.2, 0.25) is 0 Å². The van der Waals surface area contributed by atoms with Crippen molar-refractivity contribution in [3.05, 3.63) is 41.8 Å². The molecule has 0 heterocycles. The SMILES string of the molecule is [CH2]c1cccc(C(=O)O)c1C(=O)O. The lowest BCUT2D eigenvalue weighted by atomic mass is 10.0. The van der Waals surface area contributed by atoms with Gasteiger partial charge in [-0.15, -0.1) is 0 Å². The molecule has 1 aromatic carbocycles. The van der Waals surface area contributed by atoms with Crippen molar-refractivity contribution in [2.24, 2.45) is 0 Å². The molecule has 4 heteroatoms. The van der Waals surface area contributed by atoms with Crippen LogP contribution in [-0.2, 0) is 0 Å².